The summed E-state index contributed by atoms with van der Waals surface area (Å²) < 4.78 is 7.45. The Hall–Kier alpha value is -1.07. The van der Waals surface area contributed by atoms with E-state index in [9.17, 15) is 0 Å². The number of rotatable bonds is 4. The number of fused-ring (bicyclic) bond motifs is 1. The molecule has 92 valence electrons. The van der Waals surface area contributed by atoms with Gasteiger partial charge in [0.05, 0.1) is 7.11 Å². The standard InChI is InChI=1S/C12H17N3OS/c1-12(4-3-5-12)13-8-9-10(16-2)14-11-15(9)6-7-17-11/h6-7,13H,3-5,8H2,1-2H3. The number of nitrogens with one attached hydrogen (secondary N) is 1. The van der Waals surface area contributed by atoms with E-state index in [0.29, 0.717) is 5.54 Å². The van der Waals surface area contributed by atoms with Crippen molar-refractivity contribution in [3.05, 3.63) is 17.3 Å². The number of nitrogens with zero attached hydrogens (tertiary/aromatic N) is 2. The van der Waals surface area contributed by atoms with E-state index in [1.54, 1.807) is 18.4 Å². The van der Waals surface area contributed by atoms with Gasteiger partial charge in [-0.05, 0) is 26.2 Å². The summed E-state index contributed by atoms with van der Waals surface area (Å²) in [4.78, 5) is 5.45. The second kappa shape index (κ2) is 3.99. The maximum atomic E-state index is 5.34. The number of methoxy groups -OCH3 is 1. The zero-order chi connectivity index (χ0) is 11.9. The minimum atomic E-state index is 0.311. The molecule has 0 aromatic carbocycles. The molecule has 1 N–H and O–H groups in total. The van der Waals surface area contributed by atoms with E-state index in [0.717, 1.165) is 23.1 Å². The van der Waals surface area contributed by atoms with Crippen LogP contribution in [0.5, 0.6) is 5.88 Å². The van der Waals surface area contributed by atoms with E-state index in [2.05, 4.69) is 33.2 Å². The molecule has 2 aromatic heterocycles. The lowest BCUT2D eigenvalue weighted by Gasteiger charge is -2.39. The normalized spacial score (nSPS) is 18.2. The number of aromatic nitrogens is 2. The third kappa shape index (κ3) is 1.83. The first kappa shape index (κ1) is 11.0. The Balaban J connectivity index is 1.84. The lowest BCUT2D eigenvalue weighted by Crippen LogP contribution is -2.47. The van der Waals surface area contributed by atoms with E-state index in [1.165, 1.54) is 19.3 Å². The highest BCUT2D eigenvalue weighted by atomic mass is 32.1. The van der Waals surface area contributed by atoms with Crippen LogP contribution >= 0.6 is 11.3 Å². The molecular formula is C12H17N3OS. The van der Waals surface area contributed by atoms with Crippen molar-refractivity contribution < 1.29 is 4.74 Å². The van der Waals surface area contributed by atoms with E-state index in [4.69, 9.17) is 4.74 Å². The van der Waals surface area contributed by atoms with Crippen LogP contribution in [-0.2, 0) is 6.54 Å². The molecule has 1 aliphatic rings. The molecule has 2 aromatic rings. The predicted molar refractivity (Wildman–Crippen MR) is 68.7 cm³/mol. The molecule has 1 saturated carbocycles. The molecule has 1 fully saturated rings. The lowest BCUT2D eigenvalue weighted by atomic mass is 9.78. The molecule has 2 heterocycles. The fourth-order valence-corrected chi connectivity index (χ4v) is 3.04. The van der Waals surface area contributed by atoms with E-state index in [-0.39, 0.29) is 0 Å². The van der Waals surface area contributed by atoms with Gasteiger partial charge in [0.25, 0.3) is 0 Å². The van der Waals surface area contributed by atoms with Gasteiger partial charge in [-0.3, -0.25) is 4.40 Å². The molecule has 0 radical (unpaired) electrons. The summed E-state index contributed by atoms with van der Waals surface area (Å²) in [7, 11) is 1.68. The molecule has 17 heavy (non-hydrogen) atoms. The van der Waals surface area contributed by atoms with Gasteiger partial charge in [-0.2, -0.15) is 4.98 Å². The highest BCUT2D eigenvalue weighted by molar-refractivity contribution is 7.15. The first-order valence-corrected chi connectivity index (χ1v) is 6.83. The Bertz CT molecular complexity index is 527. The molecule has 5 heteroatoms. The van der Waals surface area contributed by atoms with Crippen LogP contribution in [0.25, 0.3) is 4.96 Å². The molecule has 0 unspecified atom stereocenters. The summed E-state index contributed by atoms with van der Waals surface area (Å²) >= 11 is 1.63. The van der Waals surface area contributed by atoms with E-state index in [1.807, 2.05) is 0 Å². The molecule has 0 bridgehead atoms. The van der Waals surface area contributed by atoms with Crippen LogP contribution < -0.4 is 10.1 Å². The minimum Gasteiger partial charge on any atom is -0.480 e. The minimum absolute atomic E-state index is 0.311. The SMILES string of the molecule is COc1nc2sccn2c1CNC1(C)CCC1. The molecule has 0 amide bonds. The lowest BCUT2D eigenvalue weighted by molar-refractivity contribution is 0.205. The number of hydrogen-bond acceptors (Lipinski definition) is 4. The Morgan fingerprint density at radius 2 is 2.41 bits per heavy atom. The van der Waals surface area contributed by atoms with Crippen LogP contribution in [0.1, 0.15) is 31.9 Å². The number of imidazole rings is 1. The van der Waals surface area contributed by atoms with Crippen molar-refractivity contribution in [2.45, 2.75) is 38.3 Å². The zero-order valence-electron chi connectivity index (χ0n) is 10.2. The summed E-state index contributed by atoms with van der Waals surface area (Å²) in [6.45, 7) is 3.10. The first-order chi connectivity index (χ1) is 8.22. The van der Waals surface area contributed by atoms with Crippen molar-refractivity contribution in [2.24, 2.45) is 0 Å². The Labute approximate surface area is 105 Å². The maximum Gasteiger partial charge on any atom is 0.237 e. The van der Waals surface area contributed by atoms with Gasteiger partial charge in [0, 0.05) is 23.7 Å². The van der Waals surface area contributed by atoms with Gasteiger partial charge in [0.1, 0.15) is 5.69 Å². The molecule has 1 aliphatic carbocycles. The van der Waals surface area contributed by atoms with Crippen LogP contribution in [-0.4, -0.2) is 22.0 Å². The topological polar surface area (TPSA) is 38.6 Å². The molecule has 0 spiro atoms. The number of hydrogen-bond donors (Lipinski definition) is 1. The average Bonchev–Trinajstić information content (AvgIpc) is 2.83. The van der Waals surface area contributed by atoms with Crippen LogP contribution in [0, 0.1) is 0 Å². The Kier molecular flexibility index (Phi) is 2.60. The molecule has 0 saturated heterocycles. The highest BCUT2D eigenvalue weighted by Gasteiger charge is 2.31. The van der Waals surface area contributed by atoms with Gasteiger partial charge >= 0.3 is 0 Å². The summed E-state index contributed by atoms with van der Waals surface area (Å²) in [6, 6.07) is 0. The van der Waals surface area contributed by atoms with Crippen molar-refractivity contribution in [3.8, 4) is 5.88 Å². The first-order valence-electron chi connectivity index (χ1n) is 5.95. The summed E-state index contributed by atoms with van der Waals surface area (Å²) in [5, 5.41) is 5.67. The second-order valence-electron chi connectivity index (χ2n) is 4.89. The monoisotopic (exact) mass is 251 g/mol. The van der Waals surface area contributed by atoms with Crippen LogP contribution in [0.3, 0.4) is 0 Å². The van der Waals surface area contributed by atoms with Gasteiger partial charge in [-0.25, -0.2) is 0 Å². The summed E-state index contributed by atoms with van der Waals surface area (Å²) in [5.74, 6) is 0.743. The van der Waals surface area contributed by atoms with Gasteiger partial charge in [-0.15, -0.1) is 11.3 Å². The van der Waals surface area contributed by atoms with Crippen molar-refractivity contribution in [2.75, 3.05) is 7.11 Å². The van der Waals surface area contributed by atoms with Gasteiger partial charge in [-0.1, -0.05) is 0 Å². The largest absolute Gasteiger partial charge is 0.480 e. The van der Waals surface area contributed by atoms with Crippen LogP contribution in [0.4, 0.5) is 0 Å². The van der Waals surface area contributed by atoms with Gasteiger partial charge < -0.3 is 10.1 Å². The smallest absolute Gasteiger partial charge is 0.237 e. The van der Waals surface area contributed by atoms with E-state index >= 15 is 0 Å². The van der Waals surface area contributed by atoms with Crippen LogP contribution in [0.15, 0.2) is 11.6 Å². The molecule has 4 nitrogen and oxygen atoms in total. The second-order valence-corrected chi connectivity index (χ2v) is 5.76. The third-order valence-corrected chi connectivity index (χ3v) is 4.41. The fourth-order valence-electron chi connectivity index (χ4n) is 2.32. The fraction of sp³-hybridized carbons (Fsp3) is 0.583. The molecule has 3 rings (SSSR count). The summed E-state index contributed by atoms with van der Waals surface area (Å²) in [5.41, 5.74) is 1.43. The van der Waals surface area contributed by atoms with Gasteiger partial charge in [0.2, 0.25) is 5.88 Å². The Morgan fingerprint density at radius 1 is 1.59 bits per heavy atom. The molecule has 0 atom stereocenters. The zero-order valence-corrected chi connectivity index (χ0v) is 11.0. The molecular weight excluding hydrogens is 234 g/mol. The van der Waals surface area contributed by atoms with Crippen molar-refractivity contribution >= 4 is 16.3 Å². The van der Waals surface area contributed by atoms with Crippen molar-refractivity contribution in [1.82, 2.24) is 14.7 Å². The van der Waals surface area contributed by atoms with Crippen LogP contribution in [0.2, 0.25) is 0 Å². The van der Waals surface area contributed by atoms with Gasteiger partial charge in [0.15, 0.2) is 4.96 Å². The average molecular weight is 251 g/mol. The number of ether oxygens (including phenoxy) is 1. The molecule has 0 aliphatic heterocycles. The van der Waals surface area contributed by atoms with Crippen molar-refractivity contribution in [3.63, 3.8) is 0 Å². The highest BCUT2D eigenvalue weighted by Crippen LogP contribution is 2.32. The number of thiazole rings is 1. The predicted octanol–water partition coefficient (Wildman–Crippen LogP) is 2.44. The quantitative estimate of drug-likeness (QED) is 0.907. The third-order valence-electron chi connectivity index (χ3n) is 3.66. The summed E-state index contributed by atoms with van der Waals surface area (Å²) in [6.07, 6.45) is 5.92. The maximum absolute atomic E-state index is 5.34. The van der Waals surface area contributed by atoms with E-state index < -0.39 is 0 Å². The van der Waals surface area contributed by atoms with Crippen molar-refractivity contribution in [1.29, 1.82) is 0 Å². The Morgan fingerprint density at radius 3 is 3.06 bits per heavy atom.